The van der Waals surface area contributed by atoms with E-state index >= 15 is 4.39 Å². The number of nitrogens with one attached hydrogen (secondary N) is 1. The van der Waals surface area contributed by atoms with Crippen LogP contribution in [0, 0.1) is 15.2 Å². The van der Waals surface area contributed by atoms with E-state index in [-0.39, 0.29) is 55.2 Å². The predicted molar refractivity (Wildman–Crippen MR) is 155 cm³/mol. The Kier molecular flexibility index (Phi) is 6.22. The number of ether oxygens (including phenoxy) is 1. The van der Waals surface area contributed by atoms with E-state index in [1.165, 1.54) is 18.2 Å². The molecule has 0 amide bonds. The fourth-order valence-corrected chi connectivity index (χ4v) is 7.84. The Morgan fingerprint density at radius 1 is 1.24 bits per heavy atom. The van der Waals surface area contributed by atoms with Crippen LogP contribution in [0.4, 0.5) is 32.8 Å². The number of nitrogens with zero attached hydrogens (tertiary/aromatic N) is 3. The van der Waals surface area contributed by atoms with Gasteiger partial charge in [0.1, 0.15) is 35.7 Å². The maximum atomic E-state index is 16.5. The molecule has 1 unspecified atom stereocenters. The van der Waals surface area contributed by atoms with Gasteiger partial charge in [0.15, 0.2) is 5.82 Å². The number of anilines is 2. The average Bonchev–Trinajstić information content (AvgIpc) is 3.25. The van der Waals surface area contributed by atoms with E-state index in [1.54, 1.807) is 22.6 Å². The summed E-state index contributed by atoms with van der Waals surface area (Å²) in [7, 11) is 0. The van der Waals surface area contributed by atoms with Crippen LogP contribution in [0.5, 0.6) is 11.8 Å². The second kappa shape index (κ2) is 9.39. The molecule has 2 aromatic heterocycles. The van der Waals surface area contributed by atoms with Crippen molar-refractivity contribution in [2.75, 3.05) is 30.7 Å². The number of aromatic hydroxyl groups is 1. The lowest BCUT2D eigenvalue weighted by atomic mass is 9.95. The normalized spacial score (nSPS) is 25.2. The summed E-state index contributed by atoms with van der Waals surface area (Å²) in [6.45, 7) is 1.07. The third-order valence-electron chi connectivity index (χ3n) is 8.27. The second-order valence-electron chi connectivity index (χ2n) is 10.9. The monoisotopic (exact) mass is 703 g/mol. The molecule has 3 aliphatic rings. The molecule has 3 fully saturated rings. The maximum absolute atomic E-state index is 16.5. The van der Waals surface area contributed by atoms with Crippen molar-refractivity contribution in [3.05, 3.63) is 33.4 Å². The number of phenolic OH excluding ortho intramolecular Hbond substituents is 1. The number of rotatable bonds is 6. The van der Waals surface area contributed by atoms with Gasteiger partial charge in [0.2, 0.25) is 0 Å². The molecule has 2 saturated heterocycles. The SMILES string of the molecule is Nc1cc2c(-c3c(I)c(O)c4c(NC5CC5(F)F)nc(OC[C@@]56CCCN5C[C@H](F)C6)nc4c3F)ccc(F)c2s1. The van der Waals surface area contributed by atoms with Crippen molar-refractivity contribution in [2.45, 2.75) is 49.4 Å². The first kappa shape index (κ1) is 27.1. The smallest absolute Gasteiger partial charge is 0.319 e. The maximum Gasteiger partial charge on any atom is 0.319 e. The molecule has 41 heavy (non-hydrogen) atoms. The van der Waals surface area contributed by atoms with Gasteiger partial charge >= 0.3 is 6.01 Å². The van der Waals surface area contributed by atoms with Gasteiger partial charge in [0.25, 0.3) is 5.92 Å². The Morgan fingerprint density at radius 3 is 2.78 bits per heavy atom. The van der Waals surface area contributed by atoms with Crippen molar-refractivity contribution in [1.82, 2.24) is 14.9 Å². The van der Waals surface area contributed by atoms with E-state index in [9.17, 15) is 22.7 Å². The summed E-state index contributed by atoms with van der Waals surface area (Å²) in [6.07, 6.45) is 0.422. The van der Waals surface area contributed by atoms with Crippen LogP contribution >= 0.6 is 33.9 Å². The zero-order valence-corrected chi connectivity index (χ0v) is 24.3. The third-order valence-corrected chi connectivity index (χ3v) is 10.3. The number of alkyl halides is 3. The molecule has 0 radical (unpaired) electrons. The molecule has 4 heterocycles. The van der Waals surface area contributed by atoms with Gasteiger partial charge in [-0.3, -0.25) is 4.90 Å². The summed E-state index contributed by atoms with van der Waals surface area (Å²) in [4.78, 5) is 10.6. The van der Waals surface area contributed by atoms with E-state index in [0.29, 0.717) is 23.4 Å². The molecule has 7 rings (SSSR count). The van der Waals surface area contributed by atoms with Crippen LogP contribution in [0.15, 0.2) is 18.2 Å². The van der Waals surface area contributed by atoms with E-state index in [4.69, 9.17) is 10.5 Å². The molecule has 0 bridgehead atoms. The first-order chi connectivity index (χ1) is 19.5. The van der Waals surface area contributed by atoms with E-state index in [0.717, 1.165) is 24.3 Å². The molecule has 216 valence electrons. The van der Waals surface area contributed by atoms with Gasteiger partial charge in [0.05, 0.1) is 30.2 Å². The molecule has 0 spiro atoms. The van der Waals surface area contributed by atoms with E-state index in [2.05, 4.69) is 15.3 Å². The lowest BCUT2D eigenvalue weighted by Crippen LogP contribution is -2.43. The largest absolute Gasteiger partial charge is 0.506 e. The number of nitrogens with two attached hydrogens (primary N) is 1. The van der Waals surface area contributed by atoms with Gasteiger partial charge < -0.3 is 20.9 Å². The Balaban J connectivity index is 1.38. The number of nitrogen functional groups attached to an aromatic ring is 1. The topological polar surface area (TPSA) is 96.5 Å². The molecular formula is C27H23F5IN5O2S. The predicted octanol–water partition coefficient (Wildman–Crippen LogP) is 6.46. The lowest BCUT2D eigenvalue weighted by molar-refractivity contribution is 0.107. The number of halogens is 6. The van der Waals surface area contributed by atoms with Crippen molar-refractivity contribution in [2.24, 2.45) is 0 Å². The van der Waals surface area contributed by atoms with Crippen LogP contribution < -0.4 is 15.8 Å². The van der Waals surface area contributed by atoms with Gasteiger partial charge in [-0.2, -0.15) is 9.97 Å². The van der Waals surface area contributed by atoms with Gasteiger partial charge in [-0.1, -0.05) is 6.07 Å². The van der Waals surface area contributed by atoms with Crippen LogP contribution in [0.3, 0.4) is 0 Å². The summed E-state index contributed by atoms with van der Waals surface area (Å²) in [5, 5.41) is 14.4. The highest BCUT2D eigenvalue weighted by molar-refractivity contribution is 14.1. The first-order valence-corrected chi connectivity index (χ1v) is 14.9. The van der Waals surface area contributed by atoms with Gasteiger partial charge in [0, 0.05) is 30.3 Å². The minimum absolute atomic E-state index is 0.0372. The zero-order valence-electron chi connectivity index (χ0n) is 21.3. The van der Waals surface area contributed by atoms with Crippen molar-refractivity contribution in [3.8, 4) is 22.9 Å². The Morgan fingerprint density at radius 2 is 2.02 bits per heavy atom. The van der Waals surface area contributed by atoms with E-state index in [1.807, 2.05) is 4.90 Å². The molecule has 1 aliphatic carbocycles. The molecule has 4 aromatic rings. The highest BCUT2D eigenvalue weighted by atomic mass is 127. The van der Waals surface area contributed by atoms with Crippen LogP contribution in [0.25, 0.3) is 32.1 Å². The molecule has 14 heteroatoms. The van der Waals surface area contributed by atoms with Crippen LogP contribution in [0.2, 0.25) is 0 Å². The number of thiophene rings is 1. The number of fused-ring (bicyclic) bond motifs is 3. The van der Waals surface area contributed by atoms with Crippen LogP contribution in [-0.4, -0.2) is 63.3 Å². The molecule has 7 nitrogen and oxygen atoms in total. The Labute approximate surface area is 248 Å². The quantitative estimate of drug-likeness (QED) is 0.157. The molecule has 1 saturated carbocycles. The highest BCUT2D eigenvalue weighted by Crippen LogP contribution is 2.49. The number of aromatic nitrogens is 2. The fourth-order valence-electron chi connectivity index (χ4n) is 6.18. The molecule has 2 aliphatic heterocycles. The summed E-state index contributed by atoms with van der Waals surface area (Å²) in [6, 6.07) is 2.55. The van der Waals surface area contributed by atoms with E-state index < -0.39 is 47.5 Å². The number of phenols is 1. The lowest BCUT2D eigenvalue weighted by Gasteiger charge is -2.30. The van der Waals surface area contributed by atoms with Crippen molar-refractivity contribution >= 4 is 65.7 Å². The highest BCUT2D eigenvalue weighted by Gasteiger charge is 2.57. The average molecular weight is 703 g/mol. The molecule has 4 N–H and O–H groups in total. The van der Waals surface area contributed by atoms with Gasteiger partial charge in [-0.05, 0) is 59.7 Å². The summed E-state index contributed by atoms with van der Waals surface area (Å²) in [5.74, 6) is -5.01. The van der Waals surface area contributed by atoms with Crippen molar-refractivity contribution in [1.29, 1.82) is 0 Å². The number of hydrogen-bond donors (Lipinski definition) is 3. The first-order valence-electron chi connectivity index (χ1n) is 13.0. The standard InChI is InChI=1S/C27H23F5IN5O2S/c28-11-7-26(4-1-5-38(26)9-11)10-40-25-36-21-18(24(37-25)35-15-8-27(15,31)32)22(39)20(33)17(19(21)30)12-2-3-14(29)23-13(12)6-16(34)41-23/h2-3,6,11,15,39H,1,4-5,7-10,34H2,(H,35,36,37)/t11-,15?,26+/m1/s1. The Hall–Kier alpha value is -2.72. The fraction of sp³-hybridized carbons (Fsp3) is 0.407. The summed E-state index contributed by atoms with van der Waals surface area (Å²) in [5.41, 5.74) is 5.24. The Bertz CT molecular complexity index is 1740. The summed E-state index contributed by atoms with van der Waals surface area (Å²) >= 11 is 2.77. The van der Waals surface area contributed by atoms with Crippen molar-refractivity contribution < 1.29 is 31.8 Å². The van der Waals surface area contributed by atoms with Gasteiger partial charge in [-0.15, -0.1) is 11.3 Å². The third kappa shape index (κ3) is 4.35. The summed E-state index contributed by atoms with van der Waals surface area (Å²) < 4.78 is 79.3. The number of benzene rings is 2. The molecular weight excluding hydrogens is 680 g/mol. The molecule has 3 atom stereocenters. The number of hydrogen-bond acceptors (Lipinski definition) is 8. The van der Waals surface area contributed by atoms with Crippen LogP contribution in [-0.2, 0) is 0 Å². The van der Waals surface area contributed by atoms with Crippen LogP contribution in [0.1, 0.15) is 25.7 Å². The van der Waals surface area contributed by atoms with Gasteiger partial charge in [-0.25, -0.2) is 22.0 Å². The van der Waals surface area contributed by atoms with Crippen molar-refractivity contribution in [3.63, 3.8) is 0 Å². The second-order valence-corrected chi connectivity index (χ2v) is 13.1. The minimum Gasteiger partial charge on any atom is -0.506 e. The molecule has 2 aromatic carbocycles. The zero-order chi connectivity index (χ0) is 28.8. The minimum atomic E-state index is -2.98.